The second-order valence-corrected chi connectivity index (χ2v) is 1.59. The fourth-order valence-electron chi connectivity index (χ4n) is 0.525. The van der Waals surface area contributed by atoms with E-state index in [2.05, 4.69) is 4.98 Å². The van der Waals surface area contributed by atoms with Gasteiger partial charge in [-0.05, 0) is 12.1 Å². The Balaban J connectivity index is 2.94. The molecule has 0 aliphatic heterocycles. The topological polar surface area (TPSA) is 12.9 Å². The molecular formula is C5H4BF2N. The van der Waals surface area contributed by atoms with Crippen LogP contribution in [0.5, 0.6) is 0 Å². The Hall–Kier alpha value is -0.925. The summed E-state index contributed by atoms with van der Waals surface area (Å²) < 4.78 is 23.8. The first-order chi connectivity index (χ1) is 4.33. The van der Waals surface area contributed by atoms with E-state index in [0.717, 1.165) is 0 Å². The van der Waals surface area contributed by atoms with Gasteiger partial charge in [-0.15, -0.1) is 0 Å². The van der Waals surface area contributed by atoms with Crippen molar-refractivity contribution in [2.75, 3.05) is 0 Å². The van der Waals surface area contributed by atoms with Crippen molar-refractivity contribution in [1.29, 1.82) is 0 Å². The number of hydrogen-bond acceptors (Lipinski definition) is 1. The van der Waals surface area contributed by atoms with Crippen molar-refractivity contribution in [3.63, 3.8) is 0 Å². The zero-order valence-electron chi connectivity index (χ0n) is 4.64. The molecule has 1 aromatic heterocycles. The van der Waals surface area contributed by atoms with Crippen LogP contribution in [0.15, 0.2) is 18.2 Å². The van der Waals surface area contributed by atoms with Gasteiger partial charge in [0.15, 0.2) is 0 Å². The van der Waals surface area contributed by atoms with E-state index in [0.29, 0.717) is 0 Å². The molecule has 46 valence electrons. The highest BCUT2D eigenvalue weighted by Crippen LogP contribution is 1.85. The zero-order valence-corrected chi connectivity index (χ0v) is 4.64. The van der Waals surface area contributed by atoms with E-state index >= 15 is 0 Å². The Bertz CT molecular complexity index is 204. The number of hydrogen-bond donors (Lipinski definition) is 0. The maximum atomic E-state index is 12.1. The van der Waals surface area contributed by atoms with Gasteiger partial charge >= 0.3 is 7.56 Å². The van der Waals surface area contributed by atoms with Gasteiger partial charge < -0.3 is 4.32 Å². The number of rotatable bonds is 1. The molecule has 0 unspecified atom stereocenters. The van der Waals surface area contributed by atoms with Gasteiger partial charge in [-0.1, -0.05) is 6.07 Å². The molecule has 0 amide bonds. The van der Waals surface area contributed by atoms with Crippen LogP contribution in [0.3, 0.4) is 0 Å². The molecule has 4 heteroatoms. The van der Waals surface area contributed by atoms with Crippen LogP contribution in [-0.2, 0) is 0 Å². The largest absolute Gasteiger partial charge is 0.382 e. The van der Waals surface area contributed by atoms with Gasteiger partial charge in [-0.3, -0.25) is 0 Å². The molecule has 1 heterocycles. The van der Waals surface area contributed by atoms with Crippen LogP contribution < -0.4 is 5.59 Å². The maximum absolute atomic E-state index is 12.1. The number of aromatic nitrogens is 1. The van der Waals surface area contributed by atoms with Crippen molar-refractivity contribution in [2.45, 2.75) is 0 Å². The third-order valence-corrected chi connectivity index (χ3v) is 0.910. The Morgan fingerprint density at radius 1 is 1.44 bits per heavy atom. The molecule has 0 N–H and O–H groups in total. The molecule has 0 saturated carbocycles. The molecule has 0 radical (unpaired) electrons. The van der Waals surface area contributed by atoms with Crippen molar-refractivity contribution >= 4 is 13.1 Å². The minimum atomic E-state index is -0.711. The van der Waals surface area contributed by atoms with Crippen molar-refractivity contribution in [1.82, 2.24) is 4.98 Å². The van der Waals surface area contributed by atoms with Gasteiger partial charge in [0.2, 0.25) is 5.95 Å². The summed E-state index contributed by atoms with van der Waals surface area (Å²) in [6.07, 6.45) is 0. The summed E-state index contributed by atoms with van der Waals surface area (Å²) in [5.41, 5.74) is 0.134. The summed E-state index contributed by atoms with van der Waals surface area (Å²) in [4.78, 5) is 3.25. The van der Waals surface area contributed by atoms with Crippen molar-refractivity contribution in [3.05, 3.63) is 24.1 Å². The van der Waals surface area contributed by atoms with Gasteiger partial charge in [-0.25, -0.2) is 4.98 Å². The van der Waals surface area contributed by atoms with E-state index in [9.17, 15) is 8.71 Å². The Morgan fingerprint density at radius 2 is 2.22 bits per heavy atom. The quantitative estimate of drug-likeness (QED) is 0.387. The lowest BCUT2D eigenvalue weighted by Gasteiger charge is -1.88. The summed E-state index contributed by atoms with van der Waals surface area (Å²) in [6, 6.07) is 4.04. The average Bonchev–Trinajstić information content (AvgIpc) is 1.88. The van der Waals surface area contributed by atoms with Crippen molar-refractivity contribution < 1.29 is 8.71 Å². The zero-order chi connectivity index (χ0) is 6.69. The van der Waals surface area contributed by atoms with Crippen molar-refractivity contribution in [2.24, 2.45) is 0 Å². The summed E-state index contributed by atoms with van der Waals surface area (Å²) in [5, 5.41) is 0. The normalized spacial score (nSPS) is 9.11. The fraction of sp³-hybridized carbons (Fsp3) is 0. The van der Waals surface area contributed by atoms with Crippen LogP contribution in [-0.4, -0.2) is 12.5 Å². The highest BCUT2D eigenvalue weighted by molar-refractivity contribution is 6.44. The monoisotopic (exact) mass is 127 g/mol. The number of halogens is 2. The summed E-state index contributed by atoms with van der Waals surface area (Å²) in [7, 11) is -0.711. The van der Waals surface area contributed by atoms with Gasteiger partial charge in [0.05, 0.1) is 0 Å². The highest BCUT2D eigenvalue weighted by atomic mass is 19.1. The fourth-order valence-corrected chi connectivity index (χ4v) is 0.525. The van der Waals surface area contributed by atoms with Crippen molar-refractivity contribution in [3.8, 4) is 0 Å². The Kier molecular flexibility index (Phi) is 1.77. The summed E-state index contributed by atoms with van der Waals surface area (Å²) >= 11 is 0. The van der Waals surface area contributed by atoms with Crippen LogP contribution in [0.4, 0.5) is 8.71 Å². The van der Waals surface area contributed by atoms with Gasteiger partial charge in [0.25, 0.3) is 0 Å². The van der Waals surface area contributed by atoms with E-state index in [1.54, 1.807) is 0 Å². The molecule has 0 atom stereocenters. The molecule has 0 saturated heterocycles. The summed E-state index contributed by atoms with van der Waals surface area (Å²) in [5.74, 6) is -0.634. The second-order valence-electron chi connectivity index (χ2n) is 1.59. The van der Waals surface area contributed by atoms with Gasteiger partial charge in [0.1, 0.15) is 0 Å². The predicted molar refractivity (Wildman–Crippen MR) is 32.1 cm³/mol. The number of nitrogens with zero attached hydrogens (tertiary/aromatic N) is 1. The van der Waals surface area contributed by atoms with Gasteiger partial charge in [-0.2, -0.15) is 4.39 Å². The second kappa shape index (κ2) is 2.57. The molecule has 0 fully saturated rings. The minimum absolute atomic E-state index is 0.134. The molecule has 1 rings (SSSR count). The molecule has 0 aliphatic carbocycles. The third-order valence-electron chi connectivity index (χ3n) is 0.910. The third kappa shape index (κ3) is 1.49. The lowest BCUT2D eigenvalue weighted by atomic mass is 9.99. The molecule has 0 spiro atoms. The van der Waals surface area contributed by atoms with E-state index in [-0.39, 0.29) is 5.59 Å². The molecule has 0 aromatic carbocycles. The lowest BCUT2D eigenvalue weighted by Crippen LogP contribution is -2.14. The first-order valence-electron chi connectivity index (χ1n) is 2.50. The summed E-state index contributed by atoms with van der Waals surface area (Å²) in [6.45, 7) is 0. The van der Waals surface area contributed by atoms with Crippen LogP contribution in [0.2, 0.25) is 0 Å². The minimum Gasteiger partial charge on any atom is -0.333 e. The highest BCUT2D eigenvalue weighted by Gasteiger charge is 1.95. The molecule has 1 aromatic rings. The first-order valence-corrected chi connectivity index (χ1v) is 2.50. The Labute approximate surface area is 52.0 Å². The van der Waals surface area contributed by atoms with Crippen LogP contribution >= 0.6 is 0 Å². The average molecular weight is 127 g/mol. The van der Waals surface area contributed by atoms with E-state index in [4.69, 9.17) is 0 Å². The number of pyridine rings is 1. The standard InChI is InChI=1S/C5H4BF2N/c7-5-3-1-2-4(6-8)9-5/h1-3,6H. The predicted octanol–water partition coefficient (Wildman–Crippen LogP) is 0.167. The molecule has 1 nitrogen and oxygen atoms in total. The molecule has 0 aliphatic rings. The van der Waals surface area contributed by atoms with Crippen LogP contribution in [0.25, 0.3) is 0 Å². The van der Waals surface area contributed by atoms with Gasteiger partial charge in [0, 0.05) is 5.59 Å². The van der Waals surface area contributed by atoms with E-state index in [1.165, 1.54) is 18.2 Å². The van der Waals surface area contributed by atoms with Crippen LogP contribution in [0.1, 0.15) is 0 Å². The smallest absolute Gasteiger partial charge is 0.333 e. The first kappa shape index (κ1) is 6.20. The van der Waals surface area contributed by atoms with E-state index in [1.807, 2.05) is 0 Å². The Morgan fingerprint density at radius 3 is 2.67 bits per heavy atom. The lowest BCUT2D eigenvalue weighted by molar-refractivity contribution is 0.586. The maximum Gasteiger partial charge on any atom is 0.382 e. The molecule has 0 bridgehead atoms. The molecule has 9 heavy (non-hydrogen) atoms. The molecular weight excluding hydrogens is 123 g/mol. The van der Waals surface area contributed by atoms with Crippen LogP contribution in [0, 0.1) is 5.95 Å². The van der Waals surface area contributed by atoms with E-state index < -0.39 is 13.5 Å². The SMILES string of the molecule is FBc1cccc(F)n1.